The number of carbonyl (C=O) groups excluding carboxylic acids is 1. The molecule has 0 saturated heterocycles. The minimum Gasteiger partial charge on any atom is -0.493 e. The number of fused-ring (bicyclic) bond motifs is 1. The number of carboxylic acid groups (broad SMARTS) is 1. The van der Waals surface area contributed by atoms with Gasteiger partial charge in [0.25, 0.3) is 0 Å². The highest BCUT2D eigenvalue weighted by molar-refractivity contribution is 6.06. The first-order chi connectivity index (χ1) is 16.5. The highest BCUT2D eigenvalue weighted by atomic mass is 16.5. The molecule has 4 aromatic carbocycles. The summed E-state index contributed by atoms with van der Waals surface area (Å²) in [7, 11) is 1.56. The van der Waals surface area contributed by atoms with E-state index in [4.69, 9.17) is 9.47 Å². The van der Waals surface area contributed by atoms with Crippen LogP contribution in [0.3, 0.4) is 0 Å². The SMILES string of the molecule is COc1cc(/C=C/C(=O)Nc2ccccc2C(=O)O)ccc1OCc1ccc2ccccc2c1. The van der Waals surface area contributed by atoms with E-state index in [0.717, 1.165) is 16.5 Å². The Morgan fingerprint density at radius 3 is 2.44 bits per heavy atom. The molecular formula is C28H23NO5. The van der Waals surface area contributed by atoms with E-state index in [-0.39, 0.29) is 11.3 Å². The van der Waals surface area contributed by atoms with Gasteiger partial charge >= 0.3 is 5.97 Å². The molecule has 170 valence electrons. The molecule has 0 spiro atoms. The average Bonchev–Trinajstić information content (AvgIpc) is 2.86. The van der Waals surface area contributed by atoms with Gasteiger partial charge in [-0.3, -0.25) is 4.79 Å². The van der Waals surface area contributed by atoms with Crippen LogP contribution in [0.2, 0.25) is 0 Å². The van der Waals surface area contributed by atoms with Gasteiger partial charge in [-0.05, 0) is 58.3 Å². The smallest absolute Gasteiger partial charge is 0.337 e. The Labute approximate surface area is 197 Å². The topological polar surface area (TPSA) is 84.9 Å². The fraction of sp³-hybridized carbons (Fsp3) is 0.0714. The van der Waals surface area contributed by atoms with Gasteiger partial charge < -0.3 is 19.9 Å². The summed E-state index contributed by atoms with van der Waals surface area (Å²) < 4.78 is 11.4. The molecule has 0 aliphatic heterocycles. The molecule has 6 nitrogen and oxygen atoms in total. The second kappa shape index (κ2) is 10.4. The van der Waals surface area contributed by atoms with E-state index in [1.165, 1.54) is 17.5 Å². The molecule has 0 atom stereocenters. The van der Waals surface area contributed by atoms with Gasteiger partial charge in [-0.2, -0.15) is 0 Å². The number of amides is 1. The maximum Gasteiger partial charge on any atom is 0.337 e. The van der Waals surface area contributed by atoms with E-state index in [0.29, 0.717) is 18.1 Å². The summed E-state index contributed by atoms with van der Waals surface area (Å²) in [6, 6.07) is 26.0. The summed E-state index contributed by atoms with van der Waals surface area (Å²) in [4.78, 5) is 23.6. The van der Waals surface area contributed by atoms with Crippen molar-refractivity contribution in [1.29, 1.82) is 0 Å². The maximum atomic E-state index is 12.3. The monoisotopic (exact) mass is 453 g/mol. The van der Waals surface area contributed by atoms with Crippen LogP contribution in [0, 0.1) is 0 Å². The van der Waals surface area contributed by atoms with Crippen LogP contribution in [0.15, 0.2) is 91.0 Å². The van der Waals surface area contributed by atoms with Gasteiger partial charge in [-0.1, -0.05) is 54.6 Å². The van der Waals surface area contributed by atoms with Crippen LogP contribution < -0.4 is 14.8 Å². The molecule has 2 N–H and O–H groups in total. The highest BCUT2D eigenvalue weighted by Crippen LogP contribution is 2.29. The lowest BCUT2D eigenvalue weighted by molar-refractivity contribution is -0.111. The van der Waals surface area contributed by atoms with Crippen molar-refractivity contribution in [3.05, 3.63) is 108 Å². The Morgan fingerprint density at radius 1 is 0.882 bits per heavy atom. The molecule has 0 aliphatic rings. The second-order valence-corrected chi connectivity index (χ2v) is 7.55. The van der Waals surface area contributed by atoms with Crippen LogP contribution in [0.4, 0.5) is 5.69 Å². The molecule has 0 aliphatic carbocycles. The fourth-order valence-corrected chi connectivity index (χ4v) is 3.52. The van der Waals surface area contributed by atoms with Gasteiger partial charge in [-0.25, -0.2) is 4.79 Å². The van der Waals surface area contributed by atoms with Crippen molar-refractivity contribution in [2.75, 3.05) is 12.4 Å². The van der Waals surface area contributed by atoms with Gasteiger partial charge in [0, 0.05) is 6.08 Å². The Morgan fingerprint density at radius 2 is 1.65 bits per heavy atom. The molecule has 0 heterocycles. The molecule has 0 unspecified atom stereocenters. The molecular weight excluding hydrogens is 430 g/mol. The van der Waals surface area contributed by atoms with Crippen LogP contribution >= 0.6 is 0 Å². The third-order valence-electron chi connectivity index (χ3n) is 5.24. The number of benzene rings is 4. The molecule has 34 heavy (non-hydrogen) atoms. The number of ether oxygens (including phenoxy) is 2. The van der Waals surface area contributed by atoms with Crippen molar-refractivity contribution >= 4 is 34.4 Å². The van der Waals surface area contributed by atoms with Crippen LogP contribution in [-0.4, -0.2) is 24.1 Å². The van der Waals surface area contributed by atoms with E-state index in [1.807, 2.05) is 24.3 Å². The lowest BCUT2D eigenvalue weighted by Gasteiger charge is -2.12. The van der Waals surface area contributed by atoms with Gasteiger partial charge in [0.15, 0.2) is 11.5 Å². The highest BCUT2D eigenvalue weighted by Gasteiger charge is 2.10. The minimum absolute atomic E-state index is 0.0267. The van der Waals surface area contributed by atoms with E-state index >= 15 is 0 Å². The average molecular weight is 453 g/mol. The van der Waals surface area contributed by atoms with Gasteiger partial charge in [0.05, 0.1) is 18.4 Å². The number of rotatable bonds is 8. The minimum atomic E-state index is -1.11. The van der Waals surface area contributed by atoms with E-state index in [9.17, 15) is 14.7 Å². The zero-order chi connectivity index (χ0) is 23.9. The van der Waals surface area contributed by atoms with Crippen molar-refractivity contribution in [3.8, 4) is 11.5 Å². The Balaban J connectivity index is 1.42. The van der Waals surface area contributed by atoms with E-state index in [1.54, 1.807) is 43.5 Å². The number of methoxy groups -OCH3 is 1. The maximum absolute atomic E-state index is 12.3. The quantitative estimate of drug-likeness (QED) is 0.331. The third kappa shape index (κ3) is 5.42. The first-order valence-electron chi connectivity index (χ1n) is 10.6. The summed E-state index contributed by atoms with van der Waals surface area (Å²) in [6.07, 6.45) is 2.96. The number of hydrogen-bond donors (Lipinski definition) is 2. The van der Waals surface area contributed by atoms with Crippen molar-refractivity contribution in [1.82, 2.24) is 0 Å². The Hall–Kier alpha value is -4.58. The summed E-state index contributed by atoms with van der Waals surface area (Å²) in [5.41, 5.74) is 2.04. The normalized spacial score (nSPS) is 10.9. The number of carbonyl (C=O) groups is 2. The number of nitrogens with one attached hydrogen (secondary N) is 1. The largest absolute Gasteiger partial charge is 0.493 e. The molecule has 0 fully saturated rings. The molecule has 1 amide bonds. The van der Waals surface area contributed by atoms with Crippen LogP contribution in [-0.2, 0) is 11.4 Å². The lowest BCUT2D eigenvalue weighted by atomic mass is 10.1. The summed E-state index contributed by atoms with van der Waals surface area (Å²) in [5, 5.41) is 14.2. The number of aromatic carboxylic acids is 1. The predicted octanol–water partition coefficient (Wildman–Crippen LogP) is 5.78. The molecule has 0 radical (unpaired) electrons. The first-order valence-corrected chi connectivity index (χ1v) is 10.6. The molecule has 0 saturated carbocycles. The number of carboxylic acids is 1. The summed E-state index contributed by atoms with van der Waals surface area (Å²) in [5.74, 6) is -0.416. The molecule has 4 rings (SSSR count). The molecule has 0 bridgehead atoms. The van der Waals surface area contributed by atoms with Crippen molar-refractivity contribution in [2.24, 2.45) is 0 Å². The second-order valence-electron chi connectivity index (χ2n) is 7.55. The number of anilines is 1. The number of para-hydroxylation sites is 1. The van der Waals surface area contributed by atoms with Gasteiger partial charge in [0.2, 0.25) is 5.91 Å². The van der Waals surface area contributed by atoms with Gasteiger partial charge in [0.1, 0.15) is 6.61 Å². The van der Waals surface area contributed by atoms with Crippen LogP contribution in [0.25, 0.3) is 16.8 Å². The van der Waals surface area contributed by atoms with Crippen molar-refractivity contribution in [3.63, 3.8) is 0 Å². The van der Waals surface area contributed by atoms with Crippen LogP contribution in [0.5, 0.6) is 11.5 Å². The molecule has 0 aromatic heterocycles. The Bertz CT molecular complexity index is 1380. The molecule has 4 aromatic rings. The lowest BCUT2D eigenvalue weighted by Crippen LogP contribution is -2.11. The number of hydrogen-bond acceptors (Lipinski definition) is 4. The summed E-state index contributed by atoms with van der Waals surface area (Å²) in [6.45, 7) is 0.391. The van der Waals surface area contributed by atoms with E-state index < -0.39 is 11.9 Å². The van der Waals surface area contributed by atoms with Crippen molar-refractivity contribution < 1.29 is 24.2 Å². The predicted molar refractivity (Wildman–Crippen MR) is 132 cm³/mol. The third-order valence-corrected chi connectivity index (χ3v) is 5.24. The zero-order valence-corrected chi connectivity index (χ0v) is 18.5. The van der Waals surface area contributed by atoms with Crippen molar-refractivity contribution in [2.45, 2.75) is 6.61 Å². The standard InChI is InChI=1S/C28H23NO5/c1-33-26-17-19(12-15-27(30)29-24-9-5-4-8-23(24)28(31)32)11-14-25(26)34-18-20-10-13-21-6-2-3-7-22(21)16-20/h2-17H,18H2,1H3,(H,29,30)(H,31,32)/b15-12+. The van der Waals surface area contributed by atoms with Gasteiger partial charge in [-0.15, -0.1) is 0 Å². The van der Waals surface area contributed by atoms with E-state index in [2.05, 4.69) is 29.6 Å². The summed E-state index contributed by atoms with van der Waals surface area (Å²) >= 11 is 0. The fourth-order valence-electron chi connectivity index (χ4n) is 3.52. The zero-order valence-electron chi connectivity index (χ0n) is 18.5. The Kier molecular flexibility index (Phi) is 6.89. The first kappa shape index (κ1) is 22.6. The molecule has 6 heteroatoms. The van der Waals surface area contributed by atoms with Crippen LogP contribution in [0.1, 0.15) is 21.5 Å².